The summed E-state index contributed by atoms with van der Waals surface area (Å²) < 4.78 is 22.4. The van der Waals surface area contributed by atoms with Crippen molar-refractivity contribution in [2.24, 2.45) is 5.92 Å². The first-order chi connectivity index (χ1) is 8.07. The number of carbonyl (C=O) groups excluding carboxylic acids is 1. The number of aromatic nitrogens is 2. The first-order valence-corrected chi connectivity index (χ1v) is 7.34. The zero-order chi connectivity index (χ0) is 12.3. The van der Waals surface area contributed by atoms with Gasteiger partial charge < -0.3 is 10.3 Å². The Balaban J connectivity index is 1.75. The standard InChI is InChI=1S/C10H15N3O3S/c14-10(8-2-4-17(15,16)6-8)12-3-1-9-5-11-7-13-9/h5,7-8H,1-4,6H2,(H,11,13)(H,12,14). The number of hydrogen-bond donors (Lipinski definition) is 2. The number of nitrogens with one attached hydrogen (secondary N) is 2. The van der Waals surface area contributed by atoms with E-state index in [1.165, 1.54) is 0 Å². The van der Waals surface area contributed by atoms with Gasteiger partial charge in [-0.15, -0.1) is 0 Å². The highest BCUT2D eigenvalue weighted by atomic mass is 32.2. The van der Waals surface area contributed by atoms with E-state index in [2.05, 4.69) is 15.3 Å². The Morgan fingerprint density at radius 1 is 1.59 bits per heavy atom. The average Bonchev–Trinajstić information content (AvgIpc) is 2.87. The molecule has 1 aromatic rings. The number of aromatic amines is 1. The van der Waals surface area contributed by atoms with Gasteiger partial charge in [0, 0.05) is 24.9 Å². The Morgan fingerprint density at radius 2 is 2.41 bits per heavy atom. The third-order valence-electron chi connectivity index (χ3n) is 2.85. The Hall–Kier alpha value is -1.37. The molecule has 0 radical (unpaired) electrons. The minimum atomic E-state index is -2.99. The summed E-state index contributed by atoms with van der Waals surface area (Å²) in [7, 11) is -2.99. The van der Waals surface area contributed by atoms with Crippen LogP contribution in [-0.4, -0.2) is 42.3 Å². The molecule has 7 heteroatoms. The maximum absolute atomic E-state index is 11.7. The van der Waals surface area contributed by atoms with Crippen molar-refractivity contribution in [1.82, 2.24) is 15.3 Å². The molecule has 0 saturated carbocycles. The van der Waals surface area contributed by atoms with Crippen molar-refractivity contribution in [2.75, 3.05) is 18.1 Å². The average molecular weight is 257 g/mol. The fourth-order valence-corrected chi connectivity index (χ4v) is 3.63. The minimum Gasteiger partial charge on any atom is -0.355 e. The third kappa shape index (κ3) is 3.29. The van der Waals surface area contributed by atoms with Crippen LogP contribution in [0.25, 0.3) is 0 Å². The van der Waals surface area contributed by atoms with E-state index >= 15 is 0 Å². The Morgan fingerprint density at radius 3 is 3.00 bits per heavy atom. The molecule has 2 N–H and O–H groups in total. The van der Waals surface area contributed by atoms with E-state index in [0.29, 0.717) is 19.4 Å². The van der Waals surface area contributed by atoms with Gasteiger partial charge in [-0.3, -0.25) is 4.79 Å². The Kier molecular flexibility index (Phi) is 3.46. The fraction of sp³-hybridized carbons (Fsp3) is 0.600. The summed E-state index contributed by atoms with van der Waals surface area (Å²) in [5, 5.41) is 2.75. The number of imidazole rings is 1. The monoisotopic (exact) mass is 257 g/mol. The number of H-pyrrole nitrogens is 1. The van der Waals surface area contributed by atoms with Crippen LogP contribution < -0.4 is 5.32 Å². The molecule has 0 aromatic carbocycles. The lowest BCUT2D eigenvalue weighted by atomic mass is 10.1. The third-order valence-corrected chi connectivity index (χ3v) is 4.62. The molecule has 2 heterocycles. The highest BCUT2D eigenvalue weighted by molar-refractivity contribution is 7.91. The highest BCUT2D eigenvalue weighted by Gasteiger charge is 2.32. The van der Waals surface area contributed by atoms with Crippen molar-refractivity contribution >= 4 is 15.7 Å². The number of carbonyl (C=O) groups is 1. The van der Waals surface area contributed by atoms with E-state index in [0.717, 1.165) is 5.69 Å². The predicted molar refractivity (Wildman–Crippen MR) is 62.1 cm³/mol. The predicted octanol–water partition coefficient (Wildman–Crippen LogP) is -0.497. The summed E-state index contributed by atoms with van der Waals surface area (Å²) in [4.78, 5) is 18.5. The number of hydrogen-bond acceptors (Lipinski definition) is 4. The Labute approximate surface area is 99.7 Å². The number of rotatable bonds is 4. The summed E-state index contributed by atoms with van der Waals surface area (Å²) in [6.45, 7) is 0.498. The van der Waals surface area contributed by atoms with E-state index in [1.807, 2.05) is 0 Å². The molecule has 1 aliphatic rings. The van der Waals surface area contributed by atoms with Crippen LogP contribution in [0.5, 0.6) is 0 Å². The Bertz CT molecular complexity index is 481. The zero-order valence-electron chi connectivity index (χ0n) is 9.35. The van der Waals surface area contributed by atoms with Crippen LogP contribution in [-0.2, 0) is 21.1 Å². The molecule has 1 atom stereocenters. The van der Waals surface area contributed by atoms with Crippen LogP contribution >= 0.6 is 0 Å². The lowest BCUT2D eigenvalue weighted by molar-refractivity contribution is -0.124. The van der Waals surface area contributed by atoms with Gasteiger partial charge >= 0.3 is 0 Å². The summed E-state index contributed by atoms with van der Waals surface area (Å²) in [5.41, 5.74) is 0.948. The van der Waals surface area contributed by atoms with Crippen molar-refractivity contribution in [3.63, 3.8) is 0 Å². The molecule has 0 spiro atoms. The van der Waals surface area contributed by atoms with Crippen molar-refractivity contribution in [1.29, 1.82) is 0 Å². The van der Waals surface area contributed by atoms with Crippen LogP contribution in [0.4, 0.5) is 0 Å². The van der Waals surface area contributed by atoms with Crippen molar-refractivity contribution in [3.05, 3.63) is 18.2 Å². The van der Waals surface area contributed by atoms with Gasteiger partial charge in [-0.1, -0.05) is 0 Å². The van der Waals surface area contributed by atoms with E-state index in [9.17, 15) is 13.2 Å². The topological polar surface area (TPSA) is 91.9 Å². The molecule has 94 valence electrons. The van der Waals surface area contributed by atoms with Gasteiger partial charge in [-0.2, -0.15) is 0 Å². The molecule has 1 fully saturated rings. The van der Waals surface area contributed by atoms with Crippen molar-refractivity contribution in [3.8, 4) is 0 Å². The lowest BCUT2D eigenvalue weighted by Gasteiger charge is -2.08. The van der Waals surface area contributed by atoms with E-state index in [-0.39, 0.29) is 23.3 Å². The molecular weight excluding hydrogens is 242 g/mol. The molecule has 1 saturated heterocycles. The van der Waals surface area contributed by atoms with Gasteiger partial charge in [-0.05, 0) is 6.42 Å². The van der Waals surface area contributed by atoms with Gasteiger partial charge in [-0.25, -0.2) is 13.4 Å². The lowest BCUT2D eigenvalue weighted by Crippen LogP contribution is -2.32. The number of amides is 1. The van der Waals surface area contributed by atoms with Crippen LogP contribution in [0, 0.1) is 5.92 Å². The molecule has 1 aliphatic heterocycles. The first-order valence-electron chi connectivity index (χ1n) is 5.52. The summed E-state index contributed by atoms with van der Waals surface area (Å²) >= 11 is 0. The van der Waals surface area contributed by atoms with Gasteiger partial charge in [0.15, 0.2) is 9.84 Å². The molecule has 0 bridgehead atoms. The van der Waals surface area contributed by atoms with Crippen molar-refractivity contribution < 1.29 is 13.2 Å². The molecule has 1 aromatic heterocycles. The summed E-state index contributed by atoms with van der Waals surface area (Å²) in [6.07, 6.45) is 4.40. The molecule has 2 rings (SSSR count). The largest absolute Gasteiger partial charge is 0.355 e. The maximum Gasteiger partial charge on any atom is 0.224 e. The number of sulfone groups is 1. The summed E-state index contributed by atoms with van der Waals surface area (Å²) in [6, 6.07) is 0. The molecule has 6 nitrogen and oxygen atoms in total. The van der Waals surface area contributed by atoms with Crippen molar-refractivity contribution in [2.45, 2.75) is 12.8 Å². The normalized spacial score (nSPS) is 22.5. The van der Waals surface area contributed by atoms with Crippen LogP contribution in [0.3, 0.4) is 0 Å². The minimum absolute atomic E-state index is 0.0110. The number of nitrogens with zero attached hydrogens (tertiary/aromatic N) is 1. The molecule has 17 heavy (non-hydrogen) atoms. The second kappa shape index (κ2) is 4.87. The zero-order valence-corrected chi connectivity index (χ0v) is 10.2. The smallest absolute Gasteiger partial charge is 0.224 e. The molecule has 1 amide bonds. The molecule has 0 aliphatic carbocycles. The van der Waals surface area contributed by atoms with Gasteiger partial charge in [0.25, 0.3) is 0 Å². The van der Waals surface area contributed by atoms with Gasteiger partial charge in [0.1, 0.15) is 0 Å². The SMILES string of the molecule is O=C(NCCc1cnc[nH]1)C1CCS(=O)(=O)C1. The maximum atomic E-state index is 11.7. The van der Waals surface area contributed by atoms with E-state index < -0.39 is 9.84 Å². The highest BCUT2D eigenvalue weighted by Crippen LogP contribution is 2.18. The van der Waals surface area contributed by atoms with E-state index in [1.54, 1.807) is 12.5 Å². The molecular formula is C10H15N3O3S. The van der Waals surface area contributed by atoms with Gasteiger partial charge in [0.05, 0.1) is 23.8 Å². The van der Waals surface area contributed by atoms with Crippen LogP contribution in [0.1, 0.15) is 12.1 Å². The first kappa shape index (κ1) is 12.1. The van der Waals surface area contributed by atoms with Crippen LogP contribution in [0.15, 0.2) is 12.5 Å². The molecule has 1 unspecified atom stereocenters. The quantitative estimate of drug-likeness (QED) is 0.761. The van der Waals surface area contributed by atoms with Crippen LogP contribution in [0.2, 0.25) is 0 Å². The summed E-state index contributed by atoms with van der Waals surface area (Å²) in [5.74, 6) is -0.415. The second-order valence-electron chi connectivity index (χ2n) is 4.22. The second-order valence-corrected chi connectivity index (χ2v) is 6.45. The fourth-order valence-electron chi connectivity index (χ4n) is 1.89. The van der Waals surface area contributed by atoms with Gasteiger partial charge in [0.2, 0.25) is 5.91 Å². The van der Waals surface area contributed by atoms with E-state index in [4.69, 9.17) is 0 Å².